The Kier molecular flexibility index (Phi) is 3.77. The molecular formula is C18H22N2O2. The lowest BCUT2D eigenvalue weighted by molar-refractivity contribution is 0.0760. The molecule has 1 fully saturated rings. The highest BCUT2D eigenvalue weighted by Crippen LogP contribution is 2.35. The maximum Gasteiger partial charge on any atom is 0.270 e. The molecule has 116 valence electrons. The smallest absolute Gasteiger partial charge is 0.270 e. The summed E-state index contributed by atoms with van der Waals surface area (Å²) in [5.74, 6) is -0.0449. The first-order valence-corrected chi connectivity index (χ1v) is 8.02. The van der Waals surface area contributed by atoms with E-state index in [9.17, 15) is 9.59 Å². The predicted octanol–water partition coefficient (Wildman–Crippen LogP) is 3.13. The Labute approximate surface area is 130 Å². The van der Waals surface area contributed by atoms with Crippen molar-refractivity contribution in [3.05, 3.63) is 45.9 Å². The minimum atomic E-state index is -0.0449. The van der Waals surface area contributed by atoms with Crippen LogP contribution in [0.25, 0.3) is 10.8 Å². The second-order valence-electron chi connectivity index (χ2n) is 6.00. The van der Waals surface area contributed by atoms with Crippen molar-refractivity contribution in [3.63, 3.8) is 0 Å². The maximum atomic E-state index is 12.9. The number of carbonyl (C=O) groups excluding carboxylic acids is 1. The second kappa shape index (κ2) is 5.59. The van der Waals surface area contributed by atoms with E-state index in [1.807, 2.05) is 45.0 Å². The highest BCUT2D eigenvalue weighted by atomic mass is 16.2. The molecule has 1 saturated carbocycles. The lowest BCUT2D eigenvalue weighted by atomic mass is 10.1. The van der Waals surface area contributed by atoms with Gasteiger partial charge in [0.1, 0.15) is 5.69 Å². The largest absolute Gasteiger partial charge is 0.338 e. The molecule has 3 rings (SSSR count). The molecule has 1 amide bonds. The number of rotatable bonds is 4. The van der Waals surface area contributed by atoms with Gasteiger partial charge in [-0.05, 0) is 51.1 Å². The molecule has 0 unspecified atom stereocenters. The third-order valence-corrected chi connectivity index (χ3v) is 4.39. The van der Waals surface area contributed by atoms with Gasteiger partial charge in [0, 0.05) is 24.5 Å². The van der Waals surface area contributed by atoms with Gasteiger partial charge in [-0.3, -0.25) is 9.59 Å². The number of pyridine rings is 1. The normalized spacial score (nSPS) is 14.3. The highest BCUT2D eigenvalue weighted by molar-refractivity contribution is 5.97. The van der Waals surface area contributed by atoms with Gasteiger partial charge in [-0.15, -0.1) is 0 Å². The van der Waals surface area contributed by atoms with Crippen LogP contribution in [0.15, 0.2) is 29.1 Å². The lowest BCUT2D eigenvalue weighted by Gasteiger charge is -2.21. The zero-order valence-electron chi connectivity index (χ0n) is 13.4. The van der Waals surface area contributed by atoms with Crippen LogP contribution in [-0.2, 0) is 0 Å². The summed E-state index contributed by atoms with van der Waals surface area (Å²) in [5.41, 5.74) is 1.57. The van der Waals surface area contributed by atoms with Gasteiger partial charge in [0.2, 0.25) is 0 Å². The molecule has 4 nitrogen and oxygen atoms in total. The monoisotopic (exact) mass is 298 g/mol. The van der Waals surface area contributed by atoms with Crippen LogP contribution in [-0.4, -0.2) is 28.5 Å². The zero-order chi connectivity index (χ0) is 15.9. The number of aromatic nitrogens is 1. The number of hydrogen-bond acceptors (Lipinski definition) is 2. The van der Waals surface area contributed by atoms with Crippen LogP contribution in [0.3, 0.4) is 0 Å². The van der Waals surface area contributed by atoms with Crippen molar-refractivity contribution in [1.82, 2.24) is 9.47 Å². The summed E-state index contributed by atoms with van der Waals surface area (Å²) >= 11 is 0. The van der Waals surface area contributed by atoms with Crippen molar-refractivity contribution < 1.29 is 4.79 Å². The van der Waals surface area contributed by atoms with E-state index in [2.05, 4.69) is 0 Å². The summed E-state index contributed by atoms with van der Waals surface area (Å²) in [5, 5.41) is 1.56. The summed E-state index contributed by atoms with van der Waals surface area (Å²) in [6.45, 7) is 7.21. The Morgan fingerprint density at radius 2 is 1.91 bits per heavy atom. The summed E-state index contributed by atoms with van der Waals surface area (Å²) in [6, 6.07) is 7.90. The Bertz CT molecular complexity index is 784. The van der Waals surface area contributed by atoms with E-state index in [1.165, 1.54) is 0 Å². The quantitative estimate of drug-likeness (QED) is 0.870. The van der Waals surface area contributed by atoms with Crippen molar-refractivity contribution >= 4 is 16.7 Å². The first-order valence-electron chi connectivity index (χ1n) is 8.02. The van der Waals surface area contributed by atoms with Gasteiger partial charge in [-0.1, -0.05) is 17.7 Å². The molecule has 1 heterocycles. The van der Waals surface area contributed by atoms with E-state index < -0.39 is 0 Å². The van der Waals surface area contributed by atoms with Gasteiger partial charge in [0.25, 0.3) is 11.5 Å². The minimum absolute atomic E-state index is 0.0285. The van der Waals surface area contributed by atoms with Crippen LogP contribution in [0, 0.1) is 6.92 Å². The van der Waals surface area contributed by atoms with Crippen LogP contribution in [0.1, 0.15) is 48.8 Å². The average molecular weight is 298 g/mol. The maximum absolute atomic E-state index is 12.9. The zero-order valence-corrected chi connectivity index (χ0v) is 13.4. The summed E-state index contributed by atoms with van der Waals surface area (Å²) in [4.78, 5) is 27.4. The molecule has 0 spiro atoms. The van der Waals surface area contributed by atoms with E-state index in [1.54, 1.807) is 9.47 Å². The molecule has 2 aromatic rings. The van der Waals surface area contributed by atoms with Gasteiger partial charge in [0.05, 0.1) is 0 Å². The van der Waals surface area contributed by atoms with Crippen LogP contribution < -0.4 is 5.56 Å². The fraction of sp³-hybridized carbons (Fsp3) is 0.444. The molecule has 0 saturated heterocycles. The topological polar surface area (TPSA) is 42.3 Å². The molecular weight excluding hydrogens is 276 g/mol. The van der Waals surface area contributed by atoms with Gasteiger partial charge < -0.3 is 9.47 Å². The molecule has 4 heteroatoms. The summed E-state index contributed by atoms with van der Waals surface area (Å²) < 4.78 is 1.72. The molecule has 1 aromatic heterocycles. The van der Waals surface area contributed by atoms with Crippen LogP contribution >= 0.6 is 0 Å². The number of fused-ring (bicyclic) bond motifs is 1. The summed E-state index contributed by atoms with van der Waals surface area (Å²) in [6.07, 6.45) is 1.96. The van der Waals surface area contributed by atoms with Crippen LogP contribution in [0.2, 0.25) is 0 Å². The van der Waals surface area contributed by atoms with Gasteiger partial charge in [0.15, 0.2) is 0 Å². The molecule has 1 aliphatic rings. The predicted molar refractivity (Wildman–Crippen MR) is 88.5 cm³/mol. The number of benzene rings is 1. The molecule has 0 aliphatic heterocycles. The summed E-state index contributed by atoms with van der Waals surface area (Å²) in [7, 11) is 0. The fourth-order valence-corrected chi connectivity index (χ4v) is 2.97. The van der Waals surface area contributed by atoms with Crippen molar-refractivity contribution in [2.45, 2.75) is 39.7 Å². The van der Waals surface area contributed by atoms with Gasteiger partial charge >= 0.3 is 0 Å². The molecule has 0 bridgehead atoms. The van der Waals surface area contributed by atoms with E-state index in [4.69, 9.17) is 0 Å². The lowest BCUT2D eigenvalue weighted by Crippen LogP contribution is -2.35. The first-order chi connectivity index (χ1) is 10.6. The van der Waals surface area contributed by atoms with Crippen molar-refractivity contribution in [1.29, 1.82) is 0 Å². The number of hydrogen-bond donors (Lipinski definition) is 0. The van der Waals surface area contributed by atoms with E-state index in [0.29, 0.717) is 24.2 Å². The first kappa shape index (κ1) is 14.8. The Hall–Kier alpha value is -2.10. The molecule has 0 radical (unpaired) electrons. The minimum Gasteiger partial charge on any atom is -0.338 e. The van der Waals surface area contributed by atoms with Crippen LogP contribution in [0.4, 0.5) is 0 Å². The molecule has 1 aliphatic carbocycles. The van der Waals surface area contributed by atoms with Crippen molar-refractivity contribution in [2.24, 2.45) is 0 Å². The molecule has 0 N–H and O–H groups in total. The average Bonchev–Trinajstić information content (AvgIpc) is 3.33. The Morgan fingerprint density at radius 3 is 2.50 bits per heavy atom. The van der Waals surface area contributed by atoms with Crippen molar-refractivity contribution in [3.8, 4) is 0 Å². The van der Waals surface area contributed by atoms with Crippen LogP contribution in [0.5, 0.6) is 0 Å². The second-order valence-corrected chi connectivity index (χ2v) is 6.00. The Balaban J connectivity index is 2.25. The van der Waals surface area contributed by atoms with E-state index in [0.717, 1.165) is 23.8 Å². The number of nitrogens with zero attached hydrogens (tertiary/aromatic N) is 2. The molecule has 1 aromatic carbocycles. The van der Waals surface area contributed by atoms with Gasteiger partial charge in [-0.25, -0.2) is 0 Å². The fourth-order valence-electron chi connectivity index (χ4n) is 2.97. The Morgan fingerprint density at radius 1 is 1.23 bits per heavy atom. The molecule has 22 heavy (non-hydrogen) atoms. The highest BCUT2D eigenvalue weighted by Gasteiger charge is 2.30. The van der Waals surface area contributed by atoms with E-state index >= 15 is 0 Å². The third kappa shape index (κ3) is 2.43. The van der Waals surface area contributed by atoms with Gasteiger partial charge in [-0.2, -0.15) is 0 Å². The number of aryl methyl sites for hydroxylation is 1. The number of amides is 1. The van der Waals surface area contributed by atoms with E-state index in [-0.39, 0.29) is 17.5 Å². The number of carbonyl (C=O) groups is 1. The molecule has 0 atom stereocenters. The standard InChI is InChI=1S/C18H22N2O2/c1-4-19(5-2)18(22)16-11-13-7-6-12(3)10-15(13)17(21)20(16)14-8-9-14/h6-7,10-11,14H,4-5,8-9H2,1-3H3. The SMILES string of the molecule is CCN(CC)C(=O)c1cc2ccc(C)cc2c(=O)n1C1CC1. The third-order valence-electron chi connectivity index (χ3n) is 4.39. The van der Waals surface area contributed by atoms with Crippen molar-refractivity contribution in [2.75, 3.05) is 13.1 Å².